The second-order valence-electron chi connectivity index (χ2n) is 11.0. The Labute approximate surface area is 187 Å². The quantitative estimate of drug-likeness (QED) is 0.488. The molecular formula is C23H32N4O5. The van der Waals surface area contributed by atoms with Gasteiger partial charge in [-0.1, -0.05) is 0 Å². The number of carboxylic acid groups (broad SMARTS) is 1. The van der Waals surface area contributed by atoms with Gasteiger partial charge >= 0.3 is 11.9 Å². The van der Waals surface area contributed by atoms with Crippen molar-refractivity contribution in [1.29, 1.82) is 5.26 Å². The Kier molecular flexibility index (Phi) is 5.02. The number of carbonyl (C=O) groups is 3. The first-order valence-electron chi connectivity index (χ1n) is 11.8. The normalized spacial score (nSPS) is 42.7. The predicted octanol–water partition coefficient (Wildman–Crippen LogP) is 0.772. The second-order valence-corrected chi connectivity index (χ2v) is 11.0. The molecule has 174 valence electrons. The maximum atomic E-state index is 13.5. The molecular weight excluding hydrogens is 412 g/mol. The van der Waals surface area contributed by atoms with Crippen molar-refractivity contribution in [1.82, 2.24) is 10.2 Å². The summed E-state index contributed by atoms with van der Waals surface area (Å²) in [4.78, 5) is 39.3. The first-order valence-corrected chi connectivity index (χ1v) is 11.8. The van der Waals surface area contributed by atoms with Gasteiger partial charge in [0, 0.05) is 6.04 Å². The summed E-state index contributed by atoms with van der Waals surface area (Å²) in [5.74, 6) is -0.591. The average molecular weight is 445 g/mol. The molecule has 5 saturated carbocycles. The van der Waals surface area contributed by atoms with E-state index in [9.17, 15) is 24.8 Å². The molecule has 32 heavy (non-hydrogen) atoms. The van der Waals surface area contributed by atoms with Gasteiger partial charge in [0.15, 0.2) is 0 Å². The highest BCUT2D eigenvalue weighted by molar-refractivity contribution is 5.85. The molecule has 9 heteroatoms. The Hall–Kier alpha value is -2.18. The molecule has 1 saturated heterocycles. The number of carbonyl (C=O) groups excluding carboxylic acids is 2. The third-order valence-corrected chi connectivity index (χ3v) is 8.83. The minimum atomic E-state index is -1.09. The molecule has 5 aliphatic carbocycles. The summed E-state index contributed by atoms with van der Waals surface area (Å²) < 4.78 is 6.01. The van der Waals surface area contributed by atoms with E-state index < -0.39 is 35.0 Å². The van der Waals surface area contributed by atoms with Gasteiger partial charge in [-0.25, -0.2) is 0 Å². The Morgan fingerprint density at radius 2 is 1.91 bits per heavy atom. The van der Waals surface area contributed by atoms with Crippen molar-refractivity contribution in [3.05, 3.63) is 0 Å². The first-order chi connectivity index (χ1) is 15.2. The van der Waals surface area contributed by atoms with E-state index in [0.717, 1.165) is 44.9 Å². The number of nitrogens with two attached hydrogens (primary N) is 1. The van der Waals surface area contributed by atoms with E-state index >= 15 is 0 Å². The van der Waals surface area contributed by atoms with Crippen molar-refractivity contribution < 1.29 is 24.2 Å². The summed E-state index contributed by atoms with van der Waals surface area (Å²) in [6, 6.07) is 0.365. The van der Waals surface area contributed by atoms with Crippen LogP contribution in [0.2, 0.25) is 0 Å². The molecule has 6 fully saturated rings. The van der Waals surface area contributed by atoms with Gasteiger partial charge in [-0.2, -0.15) is 5.26 Å². The molecule has 4 N–H and O–H groups in total. The van der Waals surface area contributed by atoms with Gasteiger partial charge in [-0.15, -0.1) is 0 Å². The van der Waals surface area contributed by atoms with Crippen molar-refractivity contribution in [2.75, 3.05) is 7.05 Å². The maximum Gasteiger partial charge on any atom is 0.321 e. The third-order valence-electron chi connectivity index (χ3n) is 8.83. The van der Waals surface area contributed by atoms with Gasteiger partial charge in [-0.3, -0.25) is 14.4 Å². The summed E-state index contributed by atoms with van der Waals surface area (Å²) in [5.41, 5.74) is 5.60. The van der Waals surface area contributed by atoms with E-state index in [1.54, 1.807) is 4.90 Å². The molecule has 6 aliphatic rings. The Morgan fingerprint density at radius 3 is 2.50 bits per heavy atom. The summed E-state index contributed by atoms with van der Waals surface area (Å²) >= 11 is 0. The van der Waals surface area contributed by atoms with Crippen LogP contribution in [0.3, 0.4) is 0 Å². The Balaban J connectivity index is 1.34. The van der Waals surface area contributed by atoms with Crippen LogP contribution in [0.25, 0.3) is 0 Å². The maximum absolute atomic E-state index is 13.5. The topological polar surface area (TPSA) is 146 Å². The minimum Gasteiger partial charge on any atom is -0.480 e. The third kappa shape index (κ3) is 3.39. The van der Waals surface area contributed by atoms with Crippen molar-refractivity contribution >= 4 is 17.8 Å². The number of amides is 1. The number of carboxylic acids is 1. The molecule has 4 unspecified atom stereocenters. The zero-order valence-corrected chi connectivity index (χ0v) is 18.5. The van der Waals surface area contributed by atoms with Crippen LogP contribution >= 0.6 is 0 Å². The highest BCUT2D eigenvalue weighted by Crippen LogP contribution is 2.64. The number of piperidine rings is 1. The van der Waals surface area contributed by atoms with Crippen molar-refractivity contribution in [2.45, 2.75) is 87.6 Å². The van der Waals surface area contributed by atoms with E-state index in [1.807, 2.05) is 0 Å². The largest absolute Gasteiger partial charge is 0.480 e. The fourth-order valence-corrected chi connectivity index (χ4v) is 7.81. The SMILES string of the molecule is CN[C@@H](CC(=O)OC12CC3C[C@H](C1)CC([C@H](N)C(=O)N1[C@H](C#N)CC4C[C@@H]41)(C3)C2)C(=O)O. The number of ether oxygens (including phenoxy) is 1. The lowest BCUT2D eigenvalue weighted by Gasteiger charge is -2.62. The van der Waals surface area contributed by atoms with Crippen LogP contribution in [-0.4, -0.2) is 64.7 Å². The number of likely N-dealkylation sites (N-methyl/N-ethyl adjacent to an activating group) is 1. The fraction of sp³-hybridized carbons (Fsp3) is 0.826. The number of hydrogen-bond acceptors (Lipinski definition) is 7. The summed E-state index contributed by atoms with van der Waals surface area (Å²) in [5, 5.41) is 21.4. The molecule has 0 aromatic carbocycles. The van der Waals surface area contributed by atoms with Crippen LogP contribution in [-0.2, 0) is 19.1 Å². The number of hydrogen-bond donors (Lipinski definition) is 3. The van der Waals surface area contributed by atoms with Crippen LogP contribution in [0.4, 0.5) is 0 Å². The predicted molar refractivity (Wildman–Crippen MR) is 112 cm³/mol. The monoisotopic (exact) mass is 444 g/mol. The number of esters is 1. The lowest BCUT2D eigenvalue weighted by molar-refractivity contribution is -0.206. The summed E-state index contributed by atoms with van der Waals surface area (Å²) in [7, 11) is 1.51. The van der Waals surface area contributed by atoms with E-state index in [-0.39, 0.29) is 24.4 Å². The molecule has 0 spiro atoms. The van der Waals surface area contributed by atoms with Crippen molar-refractivity contribution in [2.24, 2.45) is 28.9 Å². The fourth-order valence-electron chi connectivity index (χ4n) is 7.81. The lowest BCUT2D eigenvalue weighted by atomic mass is 9.46. The first kappa shape index (κ1) is 21.7. The molecule has 1 amide bonds. The zero-order valence-electron chi connectivity index (χ0n) is 18.5. The molecule has 1 aliphatic heterocycles. The van der Waals surface area contributed by atoms with Crippen LogP contribution in [0.5, 0.6) is 0 Å². The summed E-state index contributed by atoms with van der Waals surface area (Å²) in [6.45, 7) is 0. The number of nitrogens with one attached hydrogen (secondary N) is 1. The van der Waals surface area contributed by atoms with Gasteiger partial charge < -0.3 is 25.8 Å². The number of rotatable bonds is 7. The molecule has 9 nitrogen and oxygen atoms in total. The molecule has 4 bridgehead atoms. The van der Waals surface area contributed by atoms with Crippen molar-refractivity contribution in [3.63, 3.8) is 0 Å². The molecule has 6 rings (SSSR count). The molecule has 0 aromatic heterocycles. The van der Waals surface area contributed by atoms with E-state index in [0.29, 0.717) is 24.2 Å². The van der Waals surface area contributed by atoms with E-state index in [2.05, 4.69) is 11.4 Å². The van der Waals surface area contributed by atoms with Gasteiger partial charge in [0.2, 0.25) is 5.91 Å². The zero-order chi connectivity index (χ0) is 22.8. The molecule has 1 heterocycles. The smallest absolute Gasteiger partial charge is 0.321 e. The second kappa shape index (κ2) is 7.42. The van der Waals surface area contributed by atoms with Gasteiger partial charge in [0.05, 0.1) is 18.5 Å². The van der Waals surface area contributed by atoms with Crippen LogP contribution in [0.1, 0.15) is 57.8 Å². The number of nitrogens with zero attached hydrogens (tertiary/aromatic N) is 2. The Bertz CT molecular complexity index is 870. The highest BCUT2D eigenvalue weighted by atomic mass is 16.6. The van der Waals surface area contributed by atoms with Crippen LogP contribution in [0.15, 0.2) is 0 Å². The number of likely N-dealkylation sites (tertiary alicyclic amines) is 1. The number of fused-ring (bicyclic) bond motifs is 1. The minimum absolute atomic E-state index is 0.119. The van der Waals surface area contributed by atoms with Crippen LogP contribution in [0, 0.1) is 34.5 Å². The molecule has 0 radical (unpaired) electrons. The lowest BCUT2D eigenvalue weighted by Crippen LogP contribution is -2.65. The average Bonchev–Trinajstić information content (AvgIpc) is 3.39. The van der Waals surface area contributed by atoms with E-state index in [4.69, 9.17) is 10.5 Å². The van der Waals surface area contributed by atoms with Gasteiger partial charge in [0.1, 0.15) is 17.7 Å². The molecule has 9 atom stereocenters. The standard InChI is InChI=1S/C23H32N4O5/c1-26-16(21(30)31)5-18(28)32-23-8-12-2-13(9-23)7-22(6-12,11-23)19(25)20(29)27-15(10-24)3-14-4-17(14)27/h12-17,19,26H,2-9,11,25H2,1H3,(H,30,31)/t12-,13?,14?,15-,16-,17-,19+,22?,23?/m0/s1. The summed E-state index contributed by atoms with van der Waals surface area (Å²) in [6.07, 6.45) is 6.29. The molecule has 0 aromatic rings. The van der Waals surface area contributed by atoms with Gasteiger partial charge in [-0.05, 0) is 81.6 Å². The van der Waals surface area contributed by atoms with E-state index in [1.165, 1.54) is 7.05 Å². The van der Waals surface area contributed by atoms with Crippen LogP contribution < -0.4 is 11.1 Å². The van der Waals surface area contributed by atoms with Crippen molar-refractivity contribution in [3.8, 4) is 6.07 Å². The number of nitriles is 1. The van der Waals surface area contributed by atoms with Gasteiger partial charge in [0.25, 0.3) is 0 Å². The Morgan fingerprint density at radius 1 is 1.22 bits per heavy atom. The number of aliphatic carboxylic acids is 1. The highest BCUT2D eigenvalue weighted by Gasteiger charge is 2.64.